The minimum absolute atomic E-state index is 0.0895. The van der Waals surface area contributed by atoms with Crippen LogP contribution in [0.3, 0.4) is 0 Å². The third-order valence-electron chi connectivity index (χ3n) is 1.81. The normalized spacial score (nSPS) is 10.3. The van der Waals surface area contributed by atoms with Crippen molar-refractivity contribution in [1.82, 2.24) is 10.2 Å². The number of rotatable bonds is 1. The van der Waals surface area contributed by atoms with Crippen LogP contribution in [-0.2, 0) is 0 Å². The van der Waals surface area contributed by atoms with Crippen LogP contribution in [0.1, 0.15) is 0 Å². The van der Waals surface area contributed by atoms with Crippen molar-refractivity contribution in [2.75, 3.05) is 5.32 Å². The predicted molar refractivity (Wildman–Crippen MR) is 58.2 cm³/mol. The van der Waals surface area contributed by atoms with Crippen LogP contribution in [0.15, 0.2) is 18.3 Å². The van der Waals surface area contributed by atoms with Crippen molar-refractivity contribution in [1.29, 1.82) is 0 Å². The van der Waals surface area contributed by atoms with Crippen LogP contribution in [-0.4, -0.2) is 20.4 Å². The summed E-state index contributed by atoms with van der Waals surface area (Å²) in [7, 11) is 0. The summed E-state index contributed by atoms with van der Waals surface area (Å²) in [4.78, 5) is 0. The van der Waals surface area contributed by atoms with Crippen LogP contribution in [0.25, 0.3) is 10.9 Å². The first-order valence-corrected chi connectivity index (χ1v) is 4.30. The molecule has 2 rings (SSSR count). The van der Waals surface area contributed by atoms with Crippen molar-refractivity contribution < 1.29 is 5.11 Å². The van der Waals surface area contributed by atoms with Crippen molar-refractivity contribution in [3.05, 3.63) is 18.3 Å². The summed E-state index contributed by atoms with van der Waals surface area (Å²) in [5.41, 5.74) is 6.57. The van der Waals surface area contributed by atoms with Gasteiger partial charge in [-0.1, -0.05) is 0 Å². The Bertz CT molecular complexity index is 493. The van der Waals surface area contributed by atoms with Crippen molar-refractivity contribution >= 4 is 33.9 Å². The van der Waals surface area contributed by atoms with Gasteiger partial charge in [-0.05, 0) is 24.4 Å². The van der Waals surface area contributed by atoms with Crippen molar-refractivity contribution in [3.8, 4) is 5.75 Å². The third kappa shape index (κ3) is 1.47. The van der Waals surface area contributed by atoms with Crippen molar-refractivity contribution in [2.24, 2.45) is 5.73 Å². The Kier molecular flexibility index (Phi) is 1.97. The maximum Gasteiger partial charge on any atom is 0.168 e. The Morgan fingerprint density at radius 3 is 3.07 bits per heavy atom. The predicted octanol–water partition coefficient (Wildman–Crippen LogP) is 0.924. The van der Waals surface area contributed by atoms with E-state index < -0.39 is 0 Å². The molecular weight excluding hydrogens is 200 g/mol. The Morgan fingerprint density at radius 2 is 2.36 bits per heavy atom. The standard InChI is InChI=1S/C8H8N4OS/c9-8(14)11-6-2-5-4(1-7(6)13)3-10-12-5/h1-3,13H,(H,10,12)(H3,9,11,14). The number of aromatic hydroxyl groups is 1. The monoisotopic (exact) mass is 208 g/mol. The van der Waals surface area contributed by atoms with Gasteiger partial charge in [-0.25, -0.2) is 0 Å². The highest BCUT2D eigenvalue weighted by Crippen LogP contribution is 2.27. The molecule has 0 aliphatic carbocycles. The highest BCUT2D eigenvalue weighted by molar-refractivity contribution is 7.80. The van der Waals surface area contributed by atoms with E-state index in [0.717, 1.165) is 10.9 Å². The van der Waals surface area contributed by atoms with Crippen LogP contribution >= 0.6 is 12.2 Å². The summed E-state index contributed by atoms with van der Waals surface area (Å²) < 4.78 is 0. The number of benzene rings is 1. The summed E-state index contributed by atoms with van der Waals surface area (Å²) in [5.74, 6) is 0.0895. The van der Waals surface area contributed by atoms with Crippen LogP contribution in [0.2, 0.25) is 0 Å². The van der Waals surface area contributed by atoms with Crippen LogP contribution < -0.4 is 11.1 Å². The number of phenolic OH excluding ortho intramolecular Hbond substituents is 1. The molecule has 2 aromatic rings. The number of aromatic amines is 1. The summed E-state index contributed by atoms with van der Waals surface area (Å²) in [6.07, 6.45) is 1.62. The fourth-order valence-electron chi connectivity index (χ4n) is 1.21. The number of thiocarbonyl (C=S) groups is 1. The van der Waals surface area contributed by atoms with E-state index >= 15 is 0 Å². The van der Waals surface area contributed by atoms with E-state index in [-0.39, 0.29) is 10.9 Å². The molecule has 0 unspecified atom stereocenters. The zero-order valence-corrected chi connectivity index (χ0v) is 7.93. The number of hydrogen-bond acceptors (Lipinski definition) is 3. The zero-order valence-electron chi connectivity index (χ0n) is 7.11. The second-order valence-corrected chi connectivity index (χ2v) is 3.26. The van der Waals surface area contributed by atoms with E-state index in [2.05, 4.69) is 27.7 Å². The number of hydrogen-bond donors (Lipinski definition) is 4. The van der Waals surface area contributed by atoms with Crippen LogP contribution in [0, 0.1) is 0 Å². The summed E-state index contributed by atoms with van der Waals surface area (Å²) in [6, 6.07) is 3.27. The Labute approximate surface area is 84.9 Å². The van der Waals surface area contributed by atoms with Gasteiger partial charge in [0.05, 0.1) is 17.4 Å². The zero-order chi connectivity index (χ0) is 10.1. The highest BCUT2D eigenvalue weighted by atomic mass is 32.1. The average Bonchev–Trinajstić information content (AvgIpc) is 2.51. The van der Waals surface area contributed by atoms with Gasteiger partial charge in [0.15, 0.2) is 5.11 Å². The average molecular weight is 208 g/mol. The summed E-state index contributed by atoms with van der Waals surface area (Å²) in [5, 5.41) is 19.8. The number of nitrogens with two attached hydrogens (primary N) is 1. The van der Waals surface area contributed by atoms with Gasteiger partial charge in [0.2, 0.25) is 0 Å². The molecule has 14 heavy (non-hydrogen) atoms. The quantitative estimate of drug-likeness (QED) is 0.413. The molecule has 0 fully saturated rings. The number of aromatic nitrogens is 2. The molecule has 0 spiro atoms. The molecule has 0 bridgehead atoms. The lowest BCUT2D eigenvalue weighted by Crippen LogP contribution is -2.18. The first-order valence-electron chi connectivity index (χ1n) is 3.89. The van der Waals surface area contributed by atoms with E-state index in [1.54, 1.807) is 18.3 Å². The first kappa shape index (κ1) is 8.76. The molecule has 0 atom stereocenters. The van der Waals surface area contributed by atoms with Crippen LogP contribution in [0.5, 0.6) is 5.75 Å². The molecular formula is C8H8N4OS. The largest absolute Gasteiger partial charge is 0.506 e. The van der Waals surface area contributed by atoms with E-state index in [9.17, 15) is 5.11 Å². The summed E-state index contributed by atoms with van der Waals surface area (Å²) in [6.45, 7) is 0. The molecule has 6 heteroatoms. The topological polar surface area (TPSA) is 87.0 Å². The van der Waals surface area contributed by atoms with Gasteiger partial charge in [-0.15, -0.1) is 0 Å². The third-order valence-corrected chi connectivity index (χ3v) is 1.92. The van der Waals surface area contributed by atoms with Gasteiger partial charge >= 0.3 is 0 Å². The molecule has 0 aliphatic rings. The Morgan fingerprint density at radius 1 is 1.57 bits per heavy atom. The van der Waals surface area contributed by atoms with Gasteiger partial charge in [-0.3, -0.25) is 5.10 Å². The number of anilines is 1. The van der Waals surface area contributed by atoms with Crippen LogP contribution in [0.4, 0.5) is 5.69 Å². The SMILES string of the molecule is NC(=S)Nc1cc2[nH]ncc2cc1O. The molecule has 72 valence electrons. The number of H-pyrrole nitrogens is 1. The highest BCUT2D eigenvalue weighted by Gasteiger charge is 2.05. The maximum atomic E-state index is 9.56. The second kappa shape index (κ2) is 3.15. The number of fused-ring (bicyclic) bond motifs is 1. The lowest BCUT2D eigenvalue weighted by molar-refractivity contribution is 0.478. The van der Waals surface area contributed by atoms with Gasteiger partial charge in [0.25, 0.3) is 0 Å². The number of nitrogens with one attached hydrogen (secondary N) is 2. The van der Waals surface area contributed by atoms with Gasteiger partial charge in [0.1, 0.15) is 5.75 Å². The Balaban J connectivity index is 2.53. The lowest BCUT2D eigenvalue weighted by atomic mass is 10.2. The molecule has 1 aromatic heterocycles. The second-order valence-electron chi connectivity index (χ2n) is 2.82. The number of phenols is 1. The molecule has 1 heterocycles. The molecule has 1 aromatic carbocycles. The lowest BCUT2D eigenvalue weighted by Gasteiger charge is -2.05. The van der Waals surface area contributed by atoms with Gasteiger partial charge < -0.3 is 16.2 Å². The maximum absolute atomic E-state index is 9.56. The summed E-state index contributed by atoms with van der Waals surface area (Å²) >= 11 is 4.67. The van der Waals surface area contributed by atoms with E-state index in [1.165, 1.54) is 0 Å². The number of nitrogens with zero attached hydrogens (tertiary/aromatic N) is 1. The molecule has 5 nitrogen and oxygen atoms in total. The fraction of sp³-hybridized carbons (Fsp3) is 0. The molecule has 0 aliphatic heterocycles. The molecule has 0 saturated carbocycles. The molecule has 0 radical (unpaired) electrons. The molecule has 0 amide bonds. The van der Waals surface area contributed by atoms with Gasteiger partial charge in [0, 0.05) is 5.39 Å². The van der Waals surface area contributed by atoms with E-state index in [0.29, 0.717) is 5.69 Å². The molecule has 0 saturated heterocycles. The minimum atomic E-state index is 0.0895. The van der Waals surface area contributed by atoms with E-state index in [1.807, 2.05) is 0 Å². The van der Waals surface area contributed by atoms with Crippen molar-refractivity contribution in [2.45, 2.75) is 0 Å². The van der Waals surface area contributed by atoms with E-state index in [4.69, 9.17) is 5.73 Å². The Hall–Kier alpha value is -1.82. The molecule has 5 N–H and O–H groups in total. The fourth-order valence-corrected chi connectivity index (χ4v) is 1.32. The minimum Gasteiger partial charge on any atom is -0.506 e. The smallest absolute Gasteiger partial charge is 0.168 e. The van der Waals surface area contributed by atoms with Crippen molar-refractivity contribution in [3.63, 3.8) is 0 Å². The first-order chi connectivity index (χ1) is 6.66. The van der Waals surface area contributed by atoms with Gasteiger partial charge in [-0.2, -0.15) is 5.10 Å².